The number of rotatable bonds is 4. The SMILES string of the molecule is Cn1ncc2c(=O)n(CCOc3ccc(F)cc3)cnc21. The molecule has 0 saturated carbocycles. The first-order valence-corrected chi connectivity index (χ1v) is 6.40. The van der Waals surface area contributed by atoms with Crippen molar-refractivity contribution in [2.45, 2.75) is 6.54 Å². The zero-order valence-corrected chi connectivity index (χ0v) is 11.4. The fourth-order valence-electron chi connectivity index (χ4n) is 2.02. The van der Waals surface area contributed by atoms with E-state index in [1.54, 1.807) is 23.9 Å². The lowest BCUT2D eigenvalue weighted by molar-refractivity contribution is 0.295. The van der Waals surface area contributed by atoms with Gasteiger partial charge >= 0.3 is 0 Å². The van der Waals surface area contributed by atoms with E-state index in [2.05, 4.69) is 10.1 Å². The Morgan fingerprint density at radius 3 is 2.81 bits per heavy atom. The fourth-order valence-corrected chi connectivity index (χ4v) is 2.02. The lowest BCUT2D eigenvalue weighted by Crippen LogP contribution is -2.23. The summed E-state index contributed by atoms with van der Waals surface area (Å²) in [6.07, 6.45) is 2.97. The molecule has 3 rings (SSSR count). The smallest absolute Gasteiger partial charge is 0.264 e. The summed E-state index contributed by atoms with van der Waals surface area (Å²) < 4.78 is 21.2. The molecule has 0 fully saturated rings. The molecule has 3 aromatic rings. The van der Waals surface area contributed by atoms with Crippen LogP contribution in [0.2, 0.25) is 0 Å². The van der Waals surface area contributed by atoms with Crippen LogP contribution in [0.15, 0.2) is 41.6 Å². The van der Waals surface area contributed by atoms with E-state index >= 15 is 0 Å². The van der Waals surface area contributed by atoms with Gasteiger partial charge < -0.3 is 4.74 Å². The van der Waals surface area contributed by atoms with Crippen LogP contribution >= 0.6 is 0 Å². The Morgan fingerprint density at radius 1 is 1.29 bits per heavy atom. The second kappa shape index (κ2) is 5.35. The minimum absolute atomic E-state index is 0.157. The van der Waals surface area contributed by atoms with Gasteiger partial charge in [0.2, 0.25) is 0 Å². The normalized spacial score (nSPS) is 11.0. The minimum Gasteiger partial charge on any atom is -0.492 e. The highest BCUT2D eigenvalue weighted by Crippen LogP contribution is 2.11. The molecule has 0 bridgehead atoms. The van der Waals surface area contributed by atoms with E-state index in [1.807, 2.05) is 0 Å². The number of aromatic nitrogens is 4. The van der Waals surface area contributed by atoms with Crippen LogP contribution in [0.4, 0.5) is 4.39 Å². The van der Waals surface area contributed by atoms with Crippen molar-refractivity contribution in [1.29, 1.82) is 0 Å². The fraction of sp³-hybridized carbons (Fsp3) is 0.214. The van der Waals surface area contributed by atoms with Gasteiger partial charge in [-0.3, -0.25) is 14.0 Å². The van der Waals surface area contributed by atoms with Crippen LogP contribution in [-0.2, 0) is 13.6 Å². The van der Waals surface area contributed by atoms with Gasteiger partial charge in [-0.1, -0.05) is 0 Å². The predicted molar refractivity (Wildman–Crippen MR) is 74.7 cm³/mol. The maximum absolute atomic E-state index is 12.8. The van der Waals surface area contributed by atoms with E-state index in [0.717, 1.165) is 0 Å². The molecule has 0 aliphatic rings. The van der Waals surface area contributed by atoms with Crippen molar-refractivity contribution < 1.29 is 9.13 Å². The van der Waals surface area contributed by atoms with Gasteiger partial charge in [-0.2, -0.15) is 5.10 Å². The molecule has 0 atom stereocenters. The maximum Gasteiger partial charge on any atom is 0.264 e. The standard InChI is InChI=1S/C14H13FN4O2/c1-18-13-12(8-17-18)14(20)19(9-16-13)6-7-21-11-4-2-10(15)3-5-11/h2-5,8-9H,6-7H2,1H3. The monoisotopic (exact) mass is 288 g/mol. The van der Waals surface area contributed by atoms with Gasteiger partial charge in [0.25, 0.3) is 5.56 Å². The number of ether oxygens (including phenoxy) is 1. The topological polar surface area (TPSA) is 61.9 Å². The van der Waals surface area contributed by atoms with Crippen LogP contribution in [0.1, 0.15) is 0 Å². The zero-order valence-electron chi connectivity index (χ0n) is 11.4. The first kappa shape index (κ1) is 13.3. The first-order chi connectivity index (χ1) is 10.1. The van der Waals surface area contributed by atoms with Crippen molar-refractivity contribution in [1.82, 2.24) is 19.3 Å². The molecule has 0 radical (unpaired) electrons. The molecule has 6 nitrogen and oxygen atoms in total. The molecule has 0 spiro atoms. The molecule has 21 heavy (non-hydrogen) atoms. The summed E-state index contributed by atoms with van der Waals surface area (Å²) in [5.41, 5.74) is 0.395. The summed E-state index contributed by atoms with van der Waals surface area (Å²) in [5, 5.41) is 4.48. The molecule has 2 aromatic heterocycles. The number of fused-ring (bicyclic) bond motifs is 1. The number of aryl methyl sites for hydroxylation is 1. The Morgan fingerprint density at radius 2 is 2.05 bits per heavy atom. The van der Waals surface area contributed by atoms with E-state index in [0.29, 0.717) is 29.9 Å². The van der Waals surface area contributed by atoms with Gasteiger partial charge in [0, 0.05) is 7.05 Å². The van der Waals surface area contributed by atoms with Gasteiger partial charge in [-0.15, -0.1) is 0 Å². The zero-order chi connectivity index (χ0) is 14.8. The minimum atomic E-state index is -0.315. The van der Waals surface area contributed by atoms with Crippen LogP contribution in [0.5, 0.6) is 5.75 Å². The Labute approximate surface area is 119 Å². The molecule has 0 N–H and O–H groups in total. The predicted octanol–water partition coefficient (Wildman–Crippen LogP) is 1.35. The van der Waals surface area contributed by atoms with Gasteiger partial charge in [0.15, 0.2) is 5.65 Å². The molecule has 1 aromatic carbocycles. The molecule has 108 valence electrons. The van der Waals surface area contributed by atoms with Crippen molar-refractivity contribution in [3.8, 4) is 5.75 Å². The van der Waals surface area contributed by atoms with Gasteiger partial charge in [0.1, 0.15) is 29.9 Å². The Kier molecular flexibility index (Phi) is 3.39. The summed E-state index contributed by atoms with van der Waals surface area (Å²) in [4.78, 5) is 16.4. The number of nitrogens with zero attached hydrogens (tertiary/aromatic N) is 4. The second-order valence-electron chi connectivity index (χ2n) is 4.55. The van der Waals surface area contributed by atoms with E-state index < -0.39 is 0 Å². The van der Waals surface area contributed by atoms with Crippen molar-refractivity contribution in [2.24, 2.45) is 7.05 Å². The molecule has 0 aliphatic heterocycles. The number of benzene rings is 1. The highest BCUT2D eigenvalue weighted by atomic mass is 19.1. The van der Waals surface area contributed by atoms with Crippen molar-refractivity contribution in [3.05, 3.63) is 53.0 Å². The number of hydrogen-bond acceptors (Lipinski definition) is 4. The summed E-state index contributed by atoms with van der Waals surface area (Å²) in [5.74, 6) is 0.240. The number of halogens is 1. The highest BCUT2D eigenvalue weighted by molar-refractivity contribution is 5.72. The van der Waals surface area contributed by atoms with Crippen LogP contribution in [-0.4, -0.2) is 25.9 Å². The van der Waals surface area contributed by atoms with Crippen LogP contribution < -0.4 is 10.3 Å². The van der Waals surface area contributed by atoms with Crippen LogP contribution in [0.25, 0.3) is 11.0 Å². The van der Waals surface area contributed by atoms with Crippen molar-refractivity contribution >= 4 is 11.0 Å². The Balaban J connectivity index is 1.72. The Bertz CT molecular complexity index is 823. The van der Waals surface area contributed by atoms with E-state index in [-0.39, 0.29) is 11.4 Å². The summed E-state index contributed by atoms with van der Waals surface area (Å²) in [7, 11) is 1.73. The molecule has 0 amide bonds. The van der Waals surface area contributed by atoms with Crippen LogP contribution in [0, 0.1) is 5.82 Å². The second-order valence-corrected chi connectivity index (χ2v) is 4.55. The van der Waals surface area contributed by atoms with Crippen molar-refractivity contribution in [2.75, 3.05) is 6.61 Å². The quantitative estimate of drug-likeness (QED) is 0.727. The first-order valence-electron chi connectivity index (χ1n) is 6.40. The van der Waals surface area contributed by atoms with E-state index in [1.165, 1.54) is 29.2 Å². The average Bonchev–Trinajstić information content (AvgIpc) is 2.86. The Hall–Kier alpha value is -2.70. The number of hydrogen-bond donors (Lipinski definition) is 0. The molecular weight excluding hydrogens is 275 g/mol. The largest absolute Gasteiger partial charge is 0.492 e. The summed E-state index contributed by atoms with van der Waals surface area (Å²) in [6, 6.07) is 5.73. The molecule has 0 aliphatic carbocycles. The summed E-state index contributed by atoms with van der Waals surface area (Å²) in [6.45, 7) is 0.646. The maximum atomic E-state index is 12.8. The molecule has 0 saturated heterocycles. The van der Waals surface area contributed by atoms with Gasteiger partial charge in [-0.05, 0) is 24.3 Å². The molecular formula is C14H13FN4O2. The van der Waals surface area contributed by atoms with E-state index in [9.17, 15) is 9.18 Å². The van der Waals surface area contributed by atoms with Gasteiger partial charge in [0.05, 0.1) is 12.7 Å². The van der Waals surface area contributed by atoms with Gasteiger partial charge in [-0.25, -0.2) is 9.37 Å². The van der Waals surface area contributed by atoms with Crippen molar-refractivity contribution in [3.63, 3.8) is 0 Å². The third kappa shape index (κ3) is 2.62. The molecule has 7 heteroatoms. The lowest BCUT2D eigenvalue weighted by atomic mass is 10.3. The molecule has 2 heterocycles. The van der Waals surface area contributed by atoms with E-state index in [4.69, 9.17) is 4.74 Å². The van der Waals surface area contributed by atoms with Crippen LogP contribution in [0.3, 0.4) is 0 Å². The third-order valence-corrected chi connectivity index (χ3v) is 3.13. The summed E-state index contributed by atoms with van der Waals surface area (Å²) >= 11 is 0. The lowest BCUT2D eigenvalue weighted by Gasteiger charge is -2.08. The highest BCUT2D eigenvalue weighted by Gasteiger charge is 2.07. The third-order valence-electron chi connectivity index (χ3n) is 3.13. The average molecular weight is 288 g/mol. The molecule has 0 unspecified atom stereocenters.